The Hall–Kier alpha value is -1.15. The van der Waals surface area contributed by atoms with Crippen LogP contribution in [0.5, 0.6) is 0 Å². The van der Waals surface area contributed by atoms with Crippen LogP contribution in [0.1, 0.15) is 62.0 Å². The highest BCUT2D eigenvalue weighted by molar-refractivity contribution is 5.85. The molecule has 1 aromatic carbocycles. The lowest BCUT2D eigenvalue weighted by molar-refractivity contribution is -0.122. The molecular weight excluding hydrogens is 258 g/mol. The van der Waals surface area contributed by atoms with E-state index >= 15 is 0 Å². The molecule has 0 aromatic heterocycles. The molecule has 3 aliphatic rings. The number of nitrogens with one attached hydrogen (secondary N) is 1. The number of fused-ring (bicyclic) bond motifs is 2. The summed E-state index contributed by atoms with van der Waals surface area (Å²) in [4.78, 5) is 12.6. The molecule has 4 unspecified atom stereocenters. The van der Waals surface area contributed by atoms with Crippen molar-refractivity contribution in [3.05, 3.63) is 35.4 Å². The standard InChI is InChI=1S/C19H25NO/c21-19(12-15-11-14-6-1-3-7-16(14)15)18-10-9-13-5-2-4-8-17(13)20-18/h1,3,6-7,13,15,17-18,20H,2,4-5,8-12H2. The Morgan fingerprint density at radius 1 is 1.10 bits per heavy atom. The fourth-order valence-electron chi connectivity index (χ4n) is 4.68. The van der Waals surface area contributed by atoms with Crippen molar-refractivity contribution >= 4 is 5.78 Å². The normalized spacial score (nSPS) is 34.5. The van der Waals surface area contributed by atoms with Crippen molar-refractivity contribution in [2.75, 3.05) is 0 Å². The Morgan fingerprint density at radius 3 is 2.86 bits per heavy atom. The summed E-state index contributed by atoms with van der Waals surface area (Å²) < 4.78 is 0. The van der Waals surface area contributed by atoms with E-state index in [-0.39, 0.29) is 6.04 Å². The van der Waals surface area contributed by atoms with Crippen molar-refractivity contribution in [1.82, 2.24) is 5.32 Å². The predicted molar refractivity (Wildman–Crippen MR) is 84.4 cm³/mol. The molecular formula is C19H25NO. The number of rotatable bonds is 3. The molecule has 1 saturated carbocycles. The molecule has 1 N–H and O–H groups in total. The van der Waals surface area contributed by atoms with E-state index in [0.717, 1.165) is 25.2 Å². The third-order valence-electron chi connectivity index (χ3n) is 5.95. The van der Waals surface area contributed by atoms with Crippen LogP contribution in [0.2, 0.25) is 0 Å². The molecule has 0 bridgehead atoms. The number of hydrogen-bond donors (Lipinski definition) is 1. The van der Waals surface area contributed by atoms with Crippen molar-refractivity contribution < 1.29 is 4.79 Å². The SMILES string of the molecule is O=C(CC1Cc2ccccc21)C1CCC2CCCCC2N1. The van der Waals surface area contributed by atoms with Crippen LogP contribution >= 0.6 is 0 Å². The van der Waals surface area contributed by atoms with E-state index < -0.39 is 0 Å². The van der Waals surface area contributed by atoms with Crippen molar-refractivity contribution in [2.24, 2.45) is 5.92 Å². The molecule has 4 rings (SSSR count). The minimum atomic E-state index is 0.136. The molecule has 2 nitrogen and oxygen atoms in total. The molecule has 2 fully saturated rings. The largest absolute Gasteiger partial charge is 0.304 e. The lowest BCUT2D eigenvalue weighted by Crippen LogP contribution is -2.52. The van der Waals surface area contributed by atoms with Crippen LogP contribution in [-0.4, -0.2) is 17.9 Å². The molecule has 1 heterocycles. The van der Waals surface area contributed by atoms with E-state index in [2.05, 4.69) is 29.6 Å². The maximum atomic E-state index is 12.6. The van der Waals surface area contributed by atoms with Gasteiger partial charge in [-0.3, -0.25) is 4.79 Å². The maximum absolute atomic E-state index is 12.6. The zero-order chi connectivity index (χ0) is 14.2. The number of ketones is 1. The van der Waals surface area contributed by atoms with Crippen LogP contribution in [0.15, 0.2) is 24.3 Å². The summed E-state index contributed by atoms with van der Waals surface area (Å²) in [5.74, 6) is 1.78. The molecule has 1 aliphatic heterocycles. The van der Waals surface area contributed by atoms with Crippen LogP contribution in [0.4, 0.5) is 0 Å². The quantitative estimate of drug-likeness (QED) is 0.918. The van der Waals surface area contributed by atoms with E-state index in [1.54, 1.807) is 0 Å². The summed E-state index contributed by atoms with van der Waals surface area (Å²) in [7, 11) is 0. The second-order valence-corrected chi connectivity index (χ2v) is 7.22. The van der Waals surface area contributed by atoms with Gasteiger partial charge >= 0.3 is 0 Å². The molecule has 1 aromatic rings. The number of hydrogen-bond acceptors (Lipinski definition) is 2. The third-order valence-corrected chi connectivity index (χ3v) is 5.95. The van der Waals surface area contributed by atoms with Crippen molar-refractivity contribution in [1.29, 1.82) is 0 Å². The number of carbonyl (C=O) groups is 1. The summed E-state index contributed by atoms with van der Waals surface area (Å²) in [5.41, 5.74) is 2.86. The second-order valence-electron chi connectivity index (χ2n) is 7.22. The van der Waals surface area contributed by atoms with Gasteiger partial charge in [0.1, 0.15) is 5.78 Å². The van der Waals surface area contributed by atoms with E-state index in [1.165, 1.54) is 43.2 Å². The van der Waals surface area contributed by atoms with Crippen molar-refractivity contribution in [3.8, 4) is 0 Å². The minimum Gasteiger partial charge on any atom is -0.304 e. The van der Waals surface area contributed by atoms with Gasteiger partial charge in [0.25, 0.3) is 0 Å². The van der Waals surface area contributed by atoms with Gasteiger partial charge in [-0.1, -0.05) is 37.1 Å². The first kappa shape index (κ1) is 13.5. The minimum absolute atomic E-state index is 0.136. The molecule has 1 saturated heterocycles. The molecule has 0 radical (unpaired) electrons. The lowest BCUT2D eigenvalue weighted by atomic mass is 9.73. The summed E-state index contributed by atoms with van der Waals surface area (Å²) in [6.45, 7) is 0. The smallest absolute Gasteiger partial charge is 0.150 e. The highest BCUT2D eigenvalue weighted by Gasteiger charge is 2.36. The first-order valence-electron chi connectivity index (χ1n) is 8.68. The zero-order valence-corrected chi connectivity index (χ0v) is 12.7. The van der Waals surface area contributed by atoms with Gasteiger partial charge in [-0.15, -0.1) is 0 Å². The molecule has 21 heavy (non-hydrogen) atoms. The van der Waals surface area contributed by atoms with Gasteiger partial charge in [0.2, 0.25) is 0 Å². The van der Waals surface area contributed by atoms with Gasteiger partial charge < -0.3 is 5.32 Å². The van der Waals surface area contributed by atoms with Crippen molar-refractivity contribution in [3.63, 3.8) is 0 Å². The average molecular weight is 283 g/mol. The van der Waals surface area contributed by atoms with Gasteiger partial charge in [-0.2, -0.15) is 0 Å². The Bertz CT molecular complexity index is 538. The Morgan fingerprint density at radius 2 is 1.95 bits per heavy atom. The summed E-state index contributed by atoms with van der Waals surface area (Å²) in [5, 5.41) is 3.68. The average Bonchev–Trinajstić information content (AvgIpc) is 2.52. The van der Waals surface area contributed by atoms with E-state index in [9.17, 15) is 4.79 Å². The highest BCUT2D eigenvalue weighted by atomic mass is 16.1. The molecule has 0 spiro atoms. The summed E-state index contributed by atoms with van der Waals surface area (Å²) in [6.07, 6.45) is 9.54. The number of carbonyl (C=O) groups excluding carboxylic acids is 1. The van der Waals surface area contributed by atoms with Crippen LogP contribution < -0.4 is 5.32 Å². The Kier molecular flexibility index (Phi) is 3.58. The van der Waals surface area contributed by atoms with Gasteiger partial charge in [-0.25, -0.2) is 0 Å². The summed E-state index contributed by atoms with van der Waals surface area (Å²) in [6, 6.07) is 9.35. The third kappa shape index (κ3) is 2.55. The van der Waals surface area contributed by atoms with E-state index in [0.29, 0.717) is 17.7 Å². The fourth-order valence-corrected chi connectivity index (χ4v) is 4.68. The molecule has 2 heteroatoms. The second kappa shape index (κ2) is 5.57. The monoisotopic (exact) mass is 283 g/mol. The Labute approximate surface area is 127 Å². The topological polar surface area (TPSA) is 29.1 Å². The number of Topliss-reactive ketones (excluding diaryl/α,β-unsaturated/α-hetero) is 1. The van der Waals surface area contributed by atoms with Crippen molar-refractivity contribution in [2.45, 2.75) is 69.4 Å². The number of benzene rings is 1. The maximum Gasteiger partial charge on any atom is 0.150 e. The van der Waals surface area contributed by atoms with Crippen LogP contribution in [0.25, 0.3) is 0 Å². The van der Waals surface area contributed by atoms with Gasteiger partial charge in [0.05, 0.1) is 6.04 Å². The molecule has 112 valence electrons. The van der Waals surface area contributed by atoms with Crippen LogP contribution in [0, 0.1) is 5.92 Å². The lowest BCUT2D eigenvalue weighted by Gasteiger charge is -2.40. The van der Waals surface area contributed by atoms with Crippen LogP contribution in [-0.2, 0) is 11.2 Å². The molecule has 4 atom stereocenters. The van der Waals surface area contributed by atoms with Gasteiger partial charge in [-0.05, 0) is 55.1 Å². The zero-order valence-electron chi connectivity index (χ0n) is 12.7. The first-order valence-corrected chi connectivity index (χ1v) is 8.68. The molecule has 2 aliphatic carbocycles. The van der Waals surface area contributed by atoms with Gasteiger partial charge in [0.15, 0.2) is 0 Å². The number of piperidine rings is 1. The first-order chi connectivity index (χ1) is 10.3. The van der Waals surface area contributed by atoms with E-state index in [1.807, 2.05) is 0 Å². The van der Waals surface area contributed by atoms with Gasteiger partial charge in [0, 0.05) is 12.5 Å². The van der Waals surface area contributed by atoms with E-state index in [4.69, 9.17) is 0 Å². The Balaban J connectivity index is 1.36. The molecule has 0 amide bonds. The fraction of sp³-hybridized carbons (Fsp3) is 0.632. The summed E-state index contributed by atoms with van der Waals surface area (Å²) >= 11 is 0. The van der Waals surface area contributed by atoms with Crippen LogP contribution in [0.3, 0.4) is 0 Å². The predicted octanol–water partition coefficient (Wildman–Crippen LogP) is 3.60. The highest BCUT2D eigenvalue weighted by Crippen LogP contribution is 2.38.